The van der Waals surface area contributed by atoms with Crippen LogP contribution >= 0.6 is 0 Å². The third kappa shape index (κ3) is 2.47. The number of nitrogens with zero attached hydrogens (tertiary/aromatic N) is 1. The molecule has 0 aromatic heterocycles. The second-order valence-corrected chi connectivity index (χ2v) is 4.45. The summed E-state index contributed by atoms with van der Waals surface area (Å²) in [6.45, 7) is 7.65. The third-order valence-electron chi connectivity index (χ3n) is 3.13. The van der Waals surface area contributed by atoms with Gasteiger partial charge in [0.15, 0.2) is 0 Å². The maximum absolute atomic E-state index is 11.3. The summed E-state index contributed by atoms with van der Waals surface area (Å²) < 4.78 is 0. The fraction of sp³-hybridized carbons (Fsp3) is 0.909. The lowest BCUT2D eigenvalue weighted by Crippen LogP contribution is -2.54. The number of likely N-dealkylation sites (tertiary alicyclic amines) is 1. The molecule has 1 saturated heterocycles. The topological polar surface area (TPSA) is 40.5 Å². The predicted molar refractivity (Wildman–Crippen MR) is 55.8 cm³/mol. The SMILES string of the molecule is CCCC(C)C1CN(C(=O)[C@@H](C)O)C1. The first-order chi connectivity index (χ1) is 6.56. The van der Waals surface area contributed by atoms with E-state index in [-0.39, 0.29) is 5.91 Å². The number of aliphatic hydroxyl groups is 1. The maximum Gasteiger partial charge on any atom is 0.251 e. The lowest BCUT2D eigenvalue weighted by atomic mass is 9.84. The predicted octanol–water partition coefficient (Wildman–Crippen LogP) is 1.26. The van der Waals surface area contributed by atoms with Gasteiger partial charge in [-0.15, -0.1) is 0 Å². The number of carbonyl (C=O) groups is 1. The lowest BCUT2D eigenvalue weighted by Gasteiger charge is -2.43. The zero-order valence-electron chi connectivity index (χ0n) is 9.36. The second-order valence-electron chi connectivity index (χ2n) is 4.45. The molecule has 1 amide bonds. The van der Waals surface area contributed by atoms with Gasteiger partial charge in [0.1, 0.15) is 6.10 Å². The van der Waals surface area contributed by atoms with Crippen molar-refractivity contribution in [2.75, 3.05) is 13.1 Å². The Balaban J connectivity index is 2.26. The Morgan fingerprint density at radius 1 is 1.50 bits per heavy atom. The first kappa shape index (κ1) is 11.5. The molecule has 1 aliphatic heterocycles. The van der Waals surface area contributed by atoms with Crippen LogP contribution in [0.5, 0.6) is 0 Å². The minimum Gasteiger partial charge on any atom is -0.384 e. The van der Waals surface area contributed by atoms with Crippen molar-refractivity contribution in [1.82, 2.24) is 4.90 Å². The number of carbonyl (C=O) groups excluding carboxylic acids is 1. The molecule has 1 N–H and O–H groups in total. The summed E-state index contributed by atoms with van der Waals surface area (Å²) in [5.41, 5.74) is 0. The molecule has 0 aromatic rings. The van der Waals surface area contributed by atoms with Crippen molar-refractivity contribution in [2.45, 2.75) is 39.7 Å². The average molecular weight is 199 g/mol. The van der Waals surface area contributed by atoms with Crippen molar-refractivity contribution < 1.29 is 9.90 Å². The van der Waals surface area contributed by atoms with Gasteiger partial charge in [-0.25, -0.2) is 0 Å². The van der Waals surface area contributed by atoms with Gasteiger partial charge < -0.3 is 10.0 Å². The van der Waals surface area contributed by atoms with Crippen LogP contribution in [0.2, 0.25) is 0 Å². The van der Waals surface area contributed by atoms with Crippen molar-refractivity contribution in [2.24, 2.45) is 11.8 Å². The van der Waals surface area contributed by atoms with Gasteiger partial charge >= 0.3 is 0 Å². The Morgan fingerprint density at radius 3 is 2.50 bits per heavy atom. The summed E-state index contributed by atoms with van der Waals surface area (Å²) in [5.74, 6) is 1.24. The van der Waals surface area contributed by atoms with Gasteiger partial charge in [0, 0.05) is 13.1 Å². The van der Waals surface area contributed by atoms with Crippen LogP contribution in [-0.2, 0) is 4.79 Å². The molecule has 0 saturated carbocycles. The number of rotatable bonds is 4. The molecule has 14 heavy (non-hydrogen) atoms. The Hall–Kier alpha value is -0.570. The number of hydrogen-bond donors (Lipinski definition) is 1. The molecule has 82 valence electrons. The van der Waals surface area contributed by atoms with Crippen molar-refractivity contribution in [1.29, 1.82) is 0 Å². The largest absolute Gasteiger partial charge is 0.384 e. The normalized spacial score (nSPS) is 21.6. The Bertz CT molecular complexity index is 197. The van der Waals surface area contributed by atoms with Crippen LogP contribution < -0.4 is 0 Å². The molecule has 0 spiro atoms. The van der Waals surface area contributed by atoms with E-state index < -0.39 is 6.10 Å². The van der Waals surface area contributed by atoms with E-state index in [4.69, 9.17) is 5.11 Å². The molecular weight excluding hydrogens is 178 g/mol. The minimum atomic E-state index is -0.836. The Labute approximate surface area is 86.1 Å². The molecule has 0 aliphatic carbocycles. The van der Waals surface area contributed by atoms with Crippen LogP contribution in [0, 0.1) is 11.8 Å². The second kappa shape index (κ2) is 4.78. The molecule has 0 radical (unpaired) electrons. The molecule has 1 fully saturated rings. The number of hydrogen-bond acceptors (Lipinski definition) is 2. The summed E-state index contributed by atoms with van der Waals surface area (Å²) >= 11 is 0. The lowest BCUT2D eigenvalue weighted by molar-refractivity contribution is -0.147. The van der Waals surface area contributed by atoms with Crippen LogP contribution in [-0.4, -0.2) is 35.1 Å². The van der Waals surface area contributed by atoms with Gasteiger partial charge in [-0.05, 0) is 18.8 Å². The first-order valence-electron chi connectivity index (χ1n) is 5.53. The highest BCUT2D eigenvalue weighted by atomic mass is 16.3. The first-order valence-corrected chi connectivity index (χ1v) is 5.53. The van der Waals surface area contributed by atoms with Crippen molar-refractivity contribution in [3.63, 3.8) is 0 Å². The van der Waals surface area contributed by atoms with Gasteiger partial charge in [-0.1, -0.05) is 26.7 Å². The highest BCUT2D eigenvalue weighted by Crippen LogP contribution is 2.27. The molecule has 2 atom stereocenters. The van der Waals surface area contributed by atoms with Gasteiger partial charge in [0.2, 0.25) is 0 Å². The summed E-state index contributed by atoms with van der Waals surface area (Å²) in [6.07, 6.45) is 1.61. The molecule has 1 rings (SSSR count). The number of amides is 1. The molecule has 1 unspecified atom stereocenters. The van der Waals surface area contributed by atoms with Crippen molar-refractivity contribution in [3.05, 3.63) is 0 Å². The average Bonchev–Trinajstić information content (AvgIpc) is 2.01. The molecule has 0 bridgehead atoms. The molecule has 1 aliphatic rings. The minimum absolute atomic E-state index is 0.120. The Kier molecular flexibility index (Phi) is 3.93. The van der Waals surface area contributed by atoms with E-state index in [1.54, 1.807) is 4.90 Å². The van der Waals surface area contributed by atoms with Crippen molar-refractivity contribution >= 4 is 5.91 Å². The summed E-state index contributed by atoms with van der Waals surface area (Å²) in [7, 11) is 0. The van der Waals surface area contributed by atoms with Crippen molar-refractivity contribution in [3.8, 4) is 0 Å². The van der Waals surface area contributed by atoms with Crippen LogP contribution in [0.25, 0.3) is 0 Å². The monoisotopic (exact) mass is 199 g/mol. The van der Waals surface area contributed by atoms with Crippen LogP contribution in [0.15, 0.2) is 0 Å². The maximum atomic E-state index is 11.3. The zero-order valence-corrected chi connectivity index (χ0v) is 9.36. The number of aliphatic hydroxyl groups excluding tert-OH is 1. The highest BCUT2D eigenvalue weighted by molar-refractivity contribution is 5.80. The molecule has 1 heterocycles. The van der Waals surface area contributed by atoms with E-state index in [1.165, 1.54) is 19.8 Å². The summed E-state index contributed by atoms with van der Waals surface area (Å²) in [6, 6.07) is 0. The highest BCUT2D eigenvalue weighted by Gasteiger charge is 2.34. The van der Waals surface area contributed by atoms with E-state index >= 15 is 0 Å². The van der Waals surface area contributed by atoms with Gasteiger partial charge in [-0.3, -0.25) is 4.79 Å². The van der Waals surface area contributed by atoms with E-state index in [2.05, 4.69) is 13.8 Å². The van der Waals surface area contributed by atoms with Crippen LogP contribution in [0.4, 0.5) is 0 Å². The molecular formula is C11H21NO2. The fourth-order valence-corrected chi connectivity index (χ4v) is 2.01. The molecule has 0 aromatic carbocycles. The van der Waals surface area contributed by atoms with E-state index in [0.29, 0.717) is 11.8 Å². The summed E-state index contributed by atoms with van der Waals surface area (Å²) in [4.78, 5) is 13.1. The fourth-order valence-electron chi connectivity index (χ4n) is 2.01. The van der Waals surface area contributed by atoms with Crippen LogP contribution in [0.3, 0.4) is 0 Å². The van der Waals surface area contributed by atoms with Gasteiger partial charge in [0.05, 0.1) is 0 Å². The summed E-state index contributed by atoms with van der Waals surface area (Å²) in [5, 5.41) is 9.09. The quantitative estimate of drug-likeness (QED) is 0.740. The molecule has 3 heteroatoms. The standard InChI is InChI=1S/C11H21NO2/c1-4-5-8(2)10-6-12(7-10)11(14)9(3)13/h8-10,13H,4-7H2,1-3H3/t8?,9-/m1/s1. The smallest absolute Gasteiger partial charge is 0.251 e. The molecule has 3 nitrogen and oxygen atoms in total. The zero-order chi connectivity index (χ0) is 10.7. The third-order valence-corrected chi connectivity index (χ3v) is 3.13. The van der Waals surface area contributed by atoms with Gasteiger partial charge in [-0.2, -0.15) is 0 Å². The van der Waals surface area contributed by atoms with E-state index in [1.807, 2.05) is 0 Å². The Morgan fingerprint density at radius 2 is 2.07 bits per heavy atom. The van der Waals surface area contributed by atoms with E-state index in [9.17, 15) is 4.79 Å². The van der Waals surface area contributed by atoms with Gasteiger partial charge in [0.25, 0.3) is 5.91 Å². The van der Waals surface area contributed by atoms with Crippen LogP contribution in [0.1, 0.15) is 33.6 Å². The van der Waals surface area contributed by atoms with E-state index in [0.717, 1.165) is 13.1 Å².